The number of nitriles is 1. The maximum Gasteiger partial charge on any atom is 0.352 e. The van der Waals surface area contributed by atoms with Crippen molar-refractivity contribution in [2.45, 2.75) is 6.54 Å². The molecule has 6 nitrogen and oxygen atoms in total. The largest absolute Gasteiger partial charge is 0.477 e. The van der Waals surface area contributed by atoms with E-state index in [0.717, 1.165) is 0 Å². The van der Waals surface area contributed by atoms with E-state index in [4.69, 9.17) is 10.4 Å². The van der Waals surface area contributed by atoms with E-state index < -0.39 is 11.9 Å². The van der Waals surface area contributed by atoms with E-state index in [9.17, 15) is 9.59 Å². The quantitative estimate of drug-likeness (QED) is 0.670. The van der Waals surface area contributed by atoms with Gasteiger partial charge >= 0.3 is 5.97 Å². The van der Waals surface area contributed by atoms with Crippen LogP contribution in [-0.2, 0) is 11.3 Å². The van der Waals surface area contributed by atoms with Gasteiger partial charge in [0, 0.05) is 6.20 Å². The second-order valence-corrected chi connectivity index (χ2v) is 2.76. The van der Waals surface area contributed by atoms with Crippen molar-refractivity contribution in [1.29, 1.82) is 5.26 Å². The number of carbonyl (C=O) groups is 2. The first-order valence-electron chi connectivity index (χ1n) is 4.17. The molecule has 0 aliphatic heterocycles. The van der Waals surface area contributed by atoms with Crippen LogP contribution in [0.25, 0.3) is 0 Å². The summed E-state index contributed by atoms with van der Waals surface area (Å²) in [6.07, 6.45) is 1.50. The van der Waals surface area contributed by atoms with Crippen molar-refractivity contribution in [2.24, 2.45) is 0 Å². The average molecular weight is 207 g/mol. The Morgan fingerprint density at radius 3 is 2.93 bits per heavy atom. The highest BCUT2D eigenvalue weighted by Gasteiger charge is 2.10. The van der Waals surface area contributed by atoms with Crippen LogP contribution in [0.4, 0.5) is 0 Å². The average Bonchev–Trinajstić information content (AvgIpc) is 2.62. The highest BCUT2D eigenvalue weighted by molar-refractivity contribution is 5.86. The third-order valence-electron chi connectivity index (χ3n) is 1.73. The zero-order valence-electron chi connectivity index (χ0n) is 7.80. The number of aromatic carboxylic acids is 1. The number of amides is 1. The van der Waals surface area contributed by atoms with E-state index in [1.54, 1.807) is 12.1 Å². The number of hydrogen-bond donors (Lipinski definition) is 2. The van der Waals surface area contributed by atoms with E-state index in [0.29, 0.717) is 0 Å². The van der Waals surface area contributed by atoms with Crippen LogP contribution in [0.3, 0.4) is 0 Å². The van der Waals surface area contributed by atoms with Crippen LogP contribution in [0.2, 0.25) is 0 Å². The minimum absolute atomic E-state index is 0.0436. The molecule has 0 aliphatic carbocycles. The Balaban J connectivity index is 2.65. The lowest BCUT2D eigenvalue weighted by atomic mass is 10.4. The van der Waals surface area contributed by atoms with E-state index in [1.165, 1.54) is 16.8 Å². The predicted octanol–water partition coefficient (Wildman–Crippen LogP) is -0.174. The smallest absolute Gasteiger partial charge is 0.352 e. The van der Waals surface area contributed by atoms with Crippen molar-refractivity contribution in [2.75, 3.05) is 6.54 Å². The molecule has 0 saturated carbocycles. The van der Waals surface area contributed by atoms with Gasteiger partial charge in [-0.3, -0.25) is 4.79 Å². The Morgan fingerprint density at radius 1 is 1.60 bits per heavy atom. The van der Waals surface area contributed by atoms with Gasteiger partial charge in [0.2, 0.25) is 5.91 Å². The van der Waals surface area contributed by atoms with E-state index >= 15 is 0 Å². The SMILES string of the molecule is N#CCNC(=O)Cn1cccc1C(=O)O. The number of nitrogens with zero attached hydrogens (tertiary/aromatic N) is 2. The molecule has 78 valence electrons. The molecule has 0 spiro atoms. The first-order chi connectivity index (χ1) is 7.15. The van der Waals surface area contributed by atoms with Gasteiger partial charge in [-0.05, 0) is 12.1 Å². The lowest BCUT2D eigenvalue weighted by Gasteiger charge is -2.05. The van der Waals surface area contributed by atoms with E-state index in [2.05, 4.69) is 5.32 Å². The predicted molar refractivity (Wildman–Crippen MR) is 50.0 cm³/mol. The van der Waals surface area contributed by atoms with Crippen molar-refractivity contribution in [3.8, 4) is 6.07 Å². The van der Waals surface area contributed by atoms with Crippen LogP contribution in [0.5, 0.6) is 0 Å². The standard InChI is InChI=1S/C9H9N3O3/c10-3-4-11-8(13)6-12-5-1-2-7(12)9(14)15/h1-2,5H,4,6H2,(H,11,13)(H,14,15). The number of nitrogens with one attached hydrogen (secondary N) is 1. The third kappa shape index (κ3) is 2.84. The molecule has 1 aromatic rings. The van der Waals surface area contributed by atoms with Crippen LogP contribution in [0.1, 0.15) is 10.5 Å². The number of hydrogen-bond acceptors (Lipinski definition) is 3. The Bertz CT molecular complexity index is 416. The highest BCUT2D eigenvalue weighted by Crippen LogP contribution is 2.01. The van der Waals surface area contributed by atoms with Crippen LogP contribution in [0.15, 0.2) is 18.3 Å². The summed E-state index contributed by atoms with van der Waals surface area (Å²) in [7, 11) is 0. The lowest BCUT2D eigenvalue weighted by Crippen LogP contribution is -2.28. The monoisotopic (exact) mass is 207 g/mol. The Kier molecular flexibility index (Phi) is 3.46. The molecule has 0 atom stereocenters. The number of carboxylic acid groups (broad SMARTS) is 1. The van der Waals surface area contributed by atoms with Gasteiger partial charge in [-0.25, -0.2) is 4.79 Å². The Labute approximate surface area is 85.7 Å². The zero-order chi connectivity index (χ0) is 11.3. The fourth-order valence-electron chi connectivity index (χ4n) is 1.09. The molecule has 2 N–H and O–H groups in total. The second-order valence-electron chi connectivity index (χ2n) is 2.76. The molecule has 0 bridgehead atoms. The summed E-state index contributed by atoms with van der Waals surface area (Å²) in [5.41, 5.74) is 0.0436. The molecule has 0 aromatic carbocycles. The zero-order valence-corrected chi connectivity index (χ0v) is 7.80. The van der Waals surface area contributed by atoms with E-state index in [-0.39, 0.29) is 18.8 Å². The summed E-state index contributed by atoms with van der Waals surface area (Å²) < 4.78 is 1.30. The lowest BCUT2D eigenvalue weighted by molar-refractivity contribution is -0.121. The molecule has 1 heterocycles. The Morgan fingerprint density at radius 2 is 2.33 bits per heavy atom. The normalized spacial score (nSPS) is 9.27. The molecule has 0 saturated heterocycles. The molecule has 6 heteroatoms. The molecule has 1 aromatic heterocycles. The molecular formula is C9H9N3O3. The van der Waals surface area contributed by atoms with Crippen LogP contribution >= 0.6 is 0 Å². The topological polar surface area (TPSA) is 95.1 Å². The van der Waals surface area contributed by atoms with Gasteiger partial charge in [0.15, 0.2) is 0 Å². The Hall–Kier alpha value is -2.29. The molecular weight excluding hydrogens is 198 g/mol. The first kappa shape index (κ1) is 10.8. The second kappa shape index (κ2) is 4.81. The van der Waals surface area contributed by atoms with Crippen LogP contribution < -0.4 is 5.32 Å². The summed E-state index contributed by atoms with van der Waals surface area (Å²) in [4.78, 5) is 21.8. The van der Waals surface area contributed by atoms with Gasteiger partial charge in [-0.15, -0.1) is 0 Å². The van der Waals surface area contributed by atoms with Gasteiger partial charge in [-0.1, -0.05) is 0 Å². The van der Waals surface area contributed by atoms with Gasteiger partial charge in [0.25, 0.3) is 0 Å². The summed E-state index contributed by atoms with van der Waals surface area (Å²) in [5, 5.41) is 19.3. The molecule has 0 aliphatic rings. The molecule has 15 heavy (non-hydrogen) atoms. The van der Waals surface area contributed by atoms with Crippen molar-refractivity contribution in [3.63, 3.8) is 0 Å². The molecule has 0 radical (unpaired) electrons. The highest BCUT2D eigenvalue weighted by atomic mass is 16.4. The van der Waals surface area contributed by atoms with Crippen molar-refractivity contribution in [1.82, 2.24) is 9.88 Å². The van der Waals surface area contributed by atoms with Crippen molar-refractivity contribution in [3.05, 3.63) is 24.0 Å². The van der Waals surface area contributed by atoms with E-state index in [1.807, 2.05) is 0 Å². The third-order valence-corrected chi connectivity index (χ3v) is 1.73. The number of carbonyl (C=O) groups excluding carboxylic acids is 1. The maximum atomic E-state index is 11.2. The number of aromatic nitrogens is 1. The van der Waals surface area contributed by atoms with Crippen LogP contribution in [0, 0.1) is 11.3 Å². The van der Waals surface area contributed by atoms with Gasteiger partial charge in [0.1, 0.15) is 18.8 Å². The number of carboxylic acids is 1. The summed E-state index contributed by atoms with van der Waals surface area (Å²) in [6, 6.07) is 4.70. The minimum atomic E-state index is -1.09. The maximum absolute atomic E-state index is 11.2. The molecule has 0 fully saturated rings. The summed E-state index contributed by atoms with van der Waals surface area (Å²) in [5.74, 6) is -1.48. The minimum Gasteiger partial charge on any atom is -0.477 e. The van der Waals surface area contributed by atoms with Crippen LogP contribution in [-0.4, -0.2) is 28.1 Å². The fourth-order valence-corrected chi connectivity index (χ4v) is 1.09. The van der Waals surface area contributed by atoms with Gasteiger partial charge in [0.05, 0.1) is 6.07 Å². The molecule has 1 amide bonds. The van der Waals surface area contributed by atoms with Crippen molar-refractivity contribution >= 4 is 11.9 Å². The first-order valence-corrected chi connectivity index (χ1v) is 4.17. The van der Waals surface area contributed by atoms with Gasteiger partial charge < -0.3 is 15.0 Å². The van der Waals surface area contributed by atoms with Crippen molar-refractivity contribution < 1.29 is 14.7 Å². The van der Waals surface area contributed by atoms with Gasteiger partial charge in [-0.2, -0.15) is 5.26 Å². The summed E-state index contributed by atoms with van der Waals surface area (Å²) >= 11 is 0. The molecule has 0 unspecified atom stereocenters. The fraction of sp³-hybridized carbons (Fsp3) is 0.222. The summed E-state index contributed by atoms with van der Waals surface area (Å²) in [6.45, 7) is -0.182. The number of rotatable bonds is 4. The molecule has 1 rings (SSSR count).